The van der Waals surface area contributed by atoms with Crippen LogP contribution in [-0.4, -0.2) is 25.2 Å². The van der Waals surface area contributed by atoms with Gasteiger partial charge in [-0.05, 0) is 44.4 Å². The van der Waals surface area contributed by atoms with Gasteiger partial charge in [-0.2, -0.15) is 0 Å². The molecule has 0 spiro atoms. The third-order valence-corrected chi connectivity index (χ3v) is 4.08. The predicted octanol–water partition coefficient (Wildman–Crippen LogP) is 3.65. The molecule has 0 unspecified atom stereocenters. The molecule has 1 aliphatic carbocycles. The summed E-state index contributed by atoms with van der Waals surface area (Å²) in [6.07, 6.45) is 7.97. The van der Waals surface area contributed by atoms with Crippen molar-refractivity contribution >= 4 is 11.9 Å². The first-order valence-electron chi connectivity index (χ1n) is 7.95. The zero-order valence-electron chi connectivity index (χ0n) is 13.4. The summed E-state index contributed by atoms with van der Waals surface area (Å²) in [6.45, 7) is 7.76. The quantitative estimate of drug-likeness (QED) is 0.390. The van der Waals surface area contributed by atoms with Gasteiger partial charge >= 0.3 is 11.9 Å². The van der Waals surface area contributed by atoms with Gasteiger partial charge in [-0.1, -0.05) is 25.8 Å². The molecule has 4 heteroatoms. The Hall–Kier alpha value is -1.32. The smallest absolute Gasteiger partial charge is 0.333 e. The minimum Gasteiger partial charge on any atom is -0.466 e. The molecule has 0 atom stereocenters. The second-order valence-electron chi connectivity index (χ2n) is 6.10. The third kappa shape index (κ3) is 7.88. The van der Waals surface area contributed by atoms with Crippen LogP contribution >= 0.6 is 0 Å². The number of hydrogen-bond donors (Lipinski definition) is 0. The Balaban J connectivity index is 2.02. The maximum atomic E-state index is 11.2. The molecule has 0 N–H and O–H groups in total. The fourth-order valence-electron chi connectivity index (χ4n) is 2.75. The predicted molar refractivity (Wildman–Crippen MR) is 81.7 cm³/mol. The number of esters is 2. The lowest BCUT2D eigenvalue weighted by Gasteiger charge is -2.28. The minimum atomic E-state index is -0.291. The lowest BCUT2D eigenvalue weighted by atomic mass is 9.80. The van der Waals surface area contributed by atoms with Crippen molar-refractivity contribution in [2.45, 2.75) is 58.8 Å². The van der Waals surface area contributed by atoms with E-state index < -0.39 is 0 Å². The Labute approximate surface area is 127 Å². The molecule has 4 nitrogen and oxygen atoms in total. The van der Waals surface area contributed by atoms with Crippen LogP contribution in [0.25, 0.3) is 0 Å². The van der Waals surface area contributed by atoms with Crippen LogP contribution in [0.4, 0.5) is 0 Å². The number of ether oxygens (including phenoxy) is 2. The first-order valence-corrected chi connectivity index (χ1v) is 7.95. The Bertz CT molecular complexity index is 354. The third-order valence-electron chi connectivity index (χ3n) is 4.08. The van der Waals surface area contributed by atoms with Crippen molar-refractivity contribution in [1.82, 2.24) is 0 Å². The number of carbonyl (C=O) groups excluding carboxylic acids is 2. The van der Waals surface area contributed by atoms with E-state index in [2.05, 4.69) is 6.58 Å². The second-order valence-corrected chi connectivity index (χ2v) is 6.10. The summed E-state index contributed by atoms with van der Waals surface area (Å²) in [7, 11) is 0. The summed E-state index contributed by atoms with van der Waals surface area (Å²) in [6, 6.07) is 0. The van der Waals surface area contributed by atoms with E-state index in [-0.39, 0.29) is 11.9 Å². The normalized spacial score (nSPS) is 21.6. The first-order chi connectivity index (χ1) is 9.99. The van der Waals surface area contributed by atoms with Crippen molar-refractivity contribution in [2.75, 3.05) is 13.2 Å². The number of rotatable bonds is 8. The highest BCUT2D eigenvalue weighted by atomic mass is 16.5. The van der Waals surface area contributed by atoms with Crippen molar-refractivity contribution in [2.24, 2.45) is 11.8 Å². The molecular formula is C17H28O4. The van der Waals surface area contributed by atoms with Gasteiger partial charge < -0.3 is 9.47 Å². The SMILES string of the molecule is C=C(C)C(=O)OCCCCC1CCC(COC(C)=O)CC1. The summed E-state index contributed by atoms with van der Waals surface area (Å²) < 4.78 is 10.2. The largest absolute Gasteiger partial charge is 0.466 e. The van der Waals surface area contributed by atoms with Crippen LogP contribution in [0.2, 0.25) is 0 Å². The maximum absolute atomic E-state index is 11.2. The van der Waals surface area contributed by atoms with Crippen LogP contribution in [-0.2, 0) is 19.1 Å². The van der Waals surface area contributed by atoms with Gasteiger partial charge in [0.15, 0.2) is 0 Å². The molecule has 21 heavy (non-hydrogen) atoms. The molecule has 0 aliphatic heterocycles. The molecule has 0 amide bonds. The summed E-state index contributed by atoms with van der Waals surface area (Å²) in [5, 5.41) is 0. The second kappa shape index (κ2) is 9.59. The van der Waals surface area contributed by atoms with Crippen molar-refractivity contribution < 1.29 is 19.1 Å². The fraction of sp³-hybridized carbons (Fsp3) is 0.765. The van der Waals surface area contributed by atoms with Crippen molar-refractivity contribution in [3.63, 3.8) is 0 Å². The van der Waals surface area contributed by atoms with Gasteiger partial charge in [0, 0.05) is 12.5 Å². The highest BCUT2D eigenvalue weighted by Crippen LogP contribution is 2.32. The lowest BCUT2D eigenvalue weighted by Crippen LogP contribution is -2.20. The van der Waals surface area contributed by atoms with Gasteiger partial charge in [0.2, 0.25) is 0 Å². The maximum Gasteiger partial charge on any atom is 0.333 e. The Kier molecular flexibility index (Phi) is 8.09. The molecular weight excluding hydrogens is 268 g/mol. The van der Waals surface area contributed by atoms with Crippen molar-refractivity contribution in [1.29, 1.82) is 0 Å². The van der Waals surface area contributed by atoms with E-state index in [1.807, 2.05) is 0 Å². The van der Waals surface area contributed by atoms with E-state index in [1.54, 1.807) is 6.92 Å². The van der Waals surface area contributed by atoms with E-state index in [4.69, 9.17) is 9.47 Å². The van der Waals surface area contributed by atoms with E-state index in [9.17, 15) is 9.59 Å². The monoisotopic (exact) mass is 296 g/mol. The number of unbranched alkanes of at least 4 members (excludes halogenated alkanes) is 1. The van der Waals surface area contributed by atoms with E-state index in [1.165, 1.54) is 26.2 Å². The topological polar surface area (TPSA) is 52.6 Å². The van der Waals surface area contributed by atoms with E-state index >= 15 is 0 Å². The molecule has 0 bridgehead atoms. The molecule has 0 saturated heterocycles. The molecule has 1 aliphatic rings. The van der Waals surface area contributed by atoms with Crippen LogP contribution in [0.1, 0.15) is 58.8 Å². The van der Waals surface area contributed by atoms with Gasteiger partial charge in [-0.25, -0.2) is 4.79 Å². The summed E-state index contributed by atoms with van der Waals surface area (Å²) in [4.78, 5) is 22.0. The average Bonchev–Trinajstić information content (AvgIpc) is 2.45. The van der Waals surface area contributed by atoms with E-state index in [0.29, 0.717) is 24.7 Å². The summed E-state index contributed by atoms with van der Waals surface area (Å²) >= 11 is 0. The summed E-state index contributed by atoms with van der Waals surface area (Å²) in [5.41, 5.74) is 0.459. The molecule has 0 aromatic rings. The van der Waals surface area contributed by atoms with Gasteiger partial charge in [-0.15, -0.1) is 0 Å². The average molecular weight is 296 g/mol. The van der Waals surface area contributed by atoms with Gasteiger partial charge in [0.25, 0.3) is 0 Å². The molecule has 120 valence electrons. The Morgan fingerprint density at radius 2 is 1.62 bits per heavy atom. The standard InChI is InChI=1S/C17H28O4/c1-13(2)17(19)20-11-5-4-6-15-7-9-16(10-8-15)12-21-14(3)18/h15-16H,1,4-12H2,2-3H3. The fourth-order valence-corrected chi connectivity index (χ4v) is 2.75. The Morgan fingerprint density at radius 3 is 2.19 bits per heavy atom. The van der Waals surface area contributed by atoms with Crippen LogP contribution in [0.15, 0.2) is 12.2 Å². The highest BCUT2D eigenvalue weighted by molar-refractivity contribution is 5.86. The first kappa shape index (κ1) is 17.7. The van der Waals surface area contributed by atoms with Gasteiger partial charge in [0.05, 0.1) is 13.2 Å². The summed E-state index contributed by atoms with van der Waals surface area (Å²) in [5.74, 6) is 0.847. The van der Waals surface area contributed by atoms with Gasteiger partial charge in [0.1, 0.15) is 0 Å². The molecule has 1 saturated carbocycles. The molecule has 0 aromatic heterocycles. The van der Waals surface area contributed by atoms with Gasteiger partial charge in [-0.3, -0.25) is 4.79 Å². The highest BCUT2D eigenvalue weighted by Gasteiger charge is 2.21. The molecule has 1 fully saturated rings. The van der Waals surface area contributed by atoms with Crippen molar-refractivity contribution in [3.05, 3.63) is 12.2 Å². The Morgan fingerprint density at radius 1 is 1.00 bits per heavy atom. The van der Waals surface area contributed by atoms with Crippen LogP contribution in [0.3, 0.4) is 0 Å². The van der Waals surface area contributed by atoms with Crippen LogP contribution < -0.4 is 0 Å². The zero-order valence-corrected chi connectivity index (χ0v) is 13.4. The number of hydrogen-bond acceptors (Lipinski definition) is 4. The number of carbonyl (C=O) groups is 2. The van der Waals surface area contributed by atoms with Crippen LogP contribution in [0.5, 0.6) is 0 Å². The lowest BCUT2D eigenvalue weighted by molar-refractivity contribution is -0.142. The molecule has 0 radical (unpaired) electrons. The zero-order chi connectivity index (χ0) is 15.7. The molecule has 0 heterocycles. The van der Waals surface area contributed by atoms with Crippen LogP contribution in [0, 0.1) is 11.8 Å². The molecule has 0 aromatic carbocycles. The van der Waals surface area contributed by atoms with E-state index in [0.717, 1.165) is 31.6 Å². The van der Waals surface area contributed by atoms with Crippen molar-refractivity contribution in [3.8, 4) is 0 Å². The molecule has 1 rings (SSSR count). The minimum absolute atomic E-state index is 0.179.